The zero-order valence-corrected chi connectivity index (χ0v) is 10.3. The number of nitrogens with one attached hydrogen (secondary N) is 2. The van der Waals surface area contributed by atoms with Crippen molar-refractivity contribution in [1.29, 1.82) is 0 Å². The van der Waals surface area contributed by atoms with E-state index in [0.29, 0.717) is 6.61 Å². The van der Waals surface area contributed by atoms with E-state index in [1.807, 2.05) is 6.92 Å². The van der Waals surface area contributed by atoms with Crippen molar-refractivity contribution in [2.24, 2.45) is 0 Å². The topological polar surface area (TPSA) is 60.9 Å². The molecule has 0 bridgehead atoms. The van der Waals surface area contributed by atoms with Gasteiger partial charge in [-0.05, 0) is 33.2 Å². The predicted molar refractivity (Wildman–Crippen MR) is 65.3 cm³/mol. The van der Waals surface area contributed by atoms with Crippen LogP contribution < -0.4 is 5.32 Å². The van der Waals surface area contributed by atoms with Crippen molar-refractivity contribution in [3.05, 3.63) is 17.0 Å². The fourth-order valence-electron chi connectivity index (χ4n) is 1.76. The number of aryl methyl sites for hydroxylation is 2. The van der Waals surface area contributed by atoms with Gasteiger partial charge in [-0.25, -0.2) is 0 Å². The van der Waals surface area contributed by atoms with Crippen molar-refractivity contribution in [1.82, 2.24) is 15.5 Å². The second kappa shape index (κ2) is 7.41. The maximum absolute atomic E-state index is 8.63. The number of rotatable bonds is 8. The number of hydrogen-bond acceptors (Lipinski definition) is 3. The molecule has 1 rings (SSSR count). The van der Waals surface area contributed by atoms with Gasteiger partial charge < -0.3 is 10.4 Å². The molecule has 16 heavy (non-hydrogen) atoms. The molecule has 0 aromatic carbocycles. The second-order valence-electron chi connectivity index (χ2n) is 4.23. The Morgan fingerprint density at radius 3 is 2.56 bits per heavy atom. The number of aliphatic hydroxyl groups excluding tert-OH is 1. The molecule has 0 aliphatic heterocycles. The Hall–Kier alpha value is -0.870. The third-order valence-electron chi connectivity index (χ3n) is 2.84. The minimum atomic E-state index is 0.320. The number of nitrogens with zero attached hydrogens (tertiary/aromatic N) is 1. The average molecular weight is 225 g/mol. The highest BCUT2D eigenvalue weighted by Gasteiger charge is 2.04. The van der Waals surface area contributed by atoms with Gasteiger partial charge >= 0.3 is 0 Å². The van der Waals surface area contributed by atoms with Crippen molar-refractivity contribution in [2.45, 2.75) is 46.1 Å². The first-order valence-electron chi connectivity index (χ1n) is 6.07. The Morgan fingerprint density at radius 2 is 1.94 bits per heavy atom. The van der Waals surface area contributed by atoms with E-state index < -0.39 is 0 Å². The van der Waals surface area contributed by atoms with Gasteiger partial charge in [0.2, 0.25) is 0 Å². The van der Waals surface area contributed by atoms with Crippen molar-refractivity contribution in [2.75, 3.05) is 13.2 Å². The molecule has 0 amide bonds. The first-order chi connectivity index (χ1) is 7.75. The zero-order chi connectivity index (χ0) is 11.8. The van der Waals surface area contributed by atoms with E-state index in [9.17, 15) is 0 Å². The van der Waals surface area contributed by atoms with Crippen molar-refractivity contribution in [3.63, 3.8) is 0 Å². The van der Waals surface area contributed by atoms with Gasteiger partial charge in [-0.3, -0.25) is 5.10 Å². The van der Waals surface area contributed by atoms with E-state index >= 15 is 0 Å². The van der Waals surface area contributed by atoms with Crippen LogP contribution in [0, 0.1) is 13.8 Å². The molecule has 0 unspecified atom stereocenters. The number of unbranched alkanes of at least 4 members (excludes halogenated alkanes) is 3. The van der Waals surface area contributed by atoms with E-state index in [0.717, 1.165) is 37.3 Å². The molecule has 4 heteroatoms. The number of H-pyrrole nitrogens is 1. The molecule has 0 aliphatic rings. The summed E-state index contributed by atoms with van der Waals surface area (Å²) >= 11 is 0. The fourth-order valence-corrected chi connectivity index (χ4v) is 1.76. The highest BCUT2D eigenvalue weighted by atomic mass is 16.2. The van der Waals surface area contributed by atoms with Crippen LogP contribution in [0.5, 0.6) is 0 Å². The van der Waals surface area contributed by atoms with Crippen LogP contribution in [0.25, 0.3) is 0 Å². The average Bonchev–Trinajstić information content (AvgIpc) is 2.59. The van der Waals surface area contributed by atoms with Gasteiger partial charge in [0.05, 0.1) is 5.69 Å². The Labute approximate surface area is 97.5 Å². The molecule has 0 aliphatic carbocycles. The molecule has 0 saturated heterocycles. The maximum Gasteiger partial charge on any atom is 0.0638 e. The Morgan fingerprint density at radius 1 is 1.19 bits per heavy atom. The normalized spacial score (nSPS) is 10.9. The van der Waals surface area contributed by atoms with Crippen LogP contribution in [0.3, 0.4) is 0 Å². The van der Waals surface area contributed by atoms with E-state index in [-0.39, 0.29) is 0 Å². The van der Waals surface area contributed by atoms with E-state index in [4.69, 9.17) is 5.11 Å². The van der Waals surface area contributed by atoms with Crippen LogP contribution in [0.2, 0.25) is 0 Å². The summed E-state index contributed by atoms with van der Waals surface area (Å²) in [4.78, 5) is 0. The molecule has 4 nitrogen and oxygen atoms in total. The van der Waals surface area contributed by atoms with E-state index in [1.165, 1.54) is 18.4 Å². The molecule has 1 heterocycles. The van der Waals surface area contributed by atoms with Crippen molar-refractivity contribution < 1.29 is 5.11 Å². The number of aromatic amines is 1. The van der Waals surface area contributed by atoms with Crippen LogP contribution in [-0.4, -0.2) is 28.5 Å². The molecule has 0 atom stereocenters. The lowest BCUT2D eigenvalue weighted by atomic mass is 10.2. The molecular formula is C12H23N3O. The Bertz CT molecular complexity index is 277. The van der Waals surface area contributed by atoms with Crippen LogP contribution in [0.1, 0.15) is 42.6 Å². The third-order valence-corrected chi connectivity index (χ3v) is 2.84. The van der Waals surface area contributed by atoms with E-state index in [2.05, 4.69) is 22.4 Å². The van der Waals surface area contributed by atoms with E-state index in [1.54, 1.807) is 0 Å². The Kier molecular flexibility index (Phi) is 6.11. The summed E-state index contributed by atoms with van der Waals surface area (Å²) < 4.78 is 0. The lowest BCUT2D eigenvalue weighted by Gasteiger charge is -2.04. The highest BCUT2D eigenvalue weighted by molar-refractivity contribution is 5.22. The van der Waals surface area contributed by atoms with Crippen LogP contribution in [0.15, 0.2) is 0 Å². The maximum atomic E-state index is 8.63. The molecule has 0 saturated carbocycles. The largest absolute Gasteiger partial charge is 0.396 e. The molecule has 92 valence electrons. The standard InChI is InChI=1S/C12H23N3O/c1-10-12(11(2)15-14-10)9-13-7-5-3-4-6-8-16/h13,16H,3-9H2,1-2H3,(H,14,15). The van der Waals surface area contributed by atoms with Gasteiger partial charge in [0.25, 0.3) is 0 Å². The monoisotopic (exact) mass is 225 g/mol. The molecule has 1 aromatic rings. The number of aromatic nitrogens is 2. The van der Waals surface area contributed by atoms with Crippen LogP contribution in [-0.2, 0) is 6.54 Å². The minimum absolute atomic E-state index is 0.320. The molecule has 0 spiro atoms. The summed E-state index contributed by atoms with van der Waals surface area (Å²) in [6, 6.07) is 0. The van der Waals surface area contributed by atoms with Crippen LogP contribution in [0.4, 0.5) is 0 Å². The summed E-state index contributed by atoms with van der Waals surface area (Å²) in [6.45, 7) is 6.34. The summed E-state index contributed by atoms with van der Waals surface area (Å²) in [7, 11) is 0. The SMILES string of the molecule is Cc1n[nH]c(C)c1CNCCCCCCO. The number of aliphatic hydroxyl groups is 1. The summed E-state index contributed by atoms with van der Waals surface area (Å²) in [5.74, 6) is 0. The molecule has 3 N–H and O–H groups in total. The lowest BCUT2D eigenvalue weighted by Crippen LogP contribution is -2.15. The predicted octanol–water partition coefficient (Wildman–Crippen LogP) is 1.67. The molecule has 0 fully saturated rings. The van der Waals surface area contributed by atoms with Gasteiger partial charge in [-0.2, -0.15) is 5.10 Å². The summed E-state index contributed by atoms with van der Waals surface area (Å²) in [6.07, 6.45) is 4.43. The minimum Gasteiger partial charge on any atom is -0.396 e. The molecule has 1 aromatic heterocycles. The van der Waals surface area contributed by atoms with Crippen LogP contribution >= 0.6 is 0 Å². The van der Waals surface area contributed by atoms with Crippen molar-refractivity contribution >= 4 is 0 Å². The fraction of sp³-hybridized carbons (Fsp3) is 0.750. The smallest absolute Gasteiger partial charge is 0.0638 e. The quantitative estimate of drug-likeness (QED) is 0.590. The molecular weight excluding hydrogens is 202 g/mol. The second-order valence-corrected chi connectivity index (χ2v) is 4.23. The zero-order valence-electron chi connectivity index (χ0n) is 10.3. The van der Waals surface area contributed by atoms with Gasteiger partial charge in [0.15, 0.2) is 0 Å². The Balaban J connectivity index is 2.07. The highest BCUT2D eigenvalue weighted by Crippen LogP contribution is 2.08. The first-order valence-corrected chi connectivity index (χ1v) is 6.07. The number of hydrogen-bond donors (Lipinski definition) is 3. The third kappa shape index (κ3) is 4.33. The van der Waals surface area contributed by atoms with Gasteiger partial charge in [-0.1, -0.05) is 12.8 Å². The summed E-state index contributed by atoms with van der Waals surface area (Å²) in [5, 5.41) is 19.2. The van der Waals surface area contributed by atoms with Gasteiger partial charge in [-0.15, -0.1) is 0 Å². The molecule has 0 radical (unpaired) electrons. The van der Waals surface area contributed by atoms with Gasteiger partial charge in [0, 0.05) is 24.4 Å². The first kappa shape index (κ1) is 13.2. The van der Waals surface area contributed by atoms with Crippen molar-refractivity contribution in [3.8, 4) is 0 Å². The summed E-state index contributed by atoms with van der Waals surface area (Å²) in [5.41, 5.74) is 3.53. The lowest BCUT2D eigenvalue weighted by molar-refractivity contribution is 0.282. The van der Waals surface area contributed by atoms with Gasteiger partial charge in [0.1, 0.15) is 0 Å².